The van der Waals surface area contributed by atoms with Crippen molar-refractivity contribution in [2.75, 3.05) is 6.54 Å². The van der Waals surface area contributed by atoms with Crippen molar-refractivity contribution in [1.82, 2.24) is 10.2 Å². The van der Waals surface area contributed by atoms with Crippen LogP contribution < -0.4 is 5.32 Å². The molecule has 114 valence electrons. The van der Waals surface area contributed by atoms with Crippen molar-refractivity contribution in [2.24, 2.45) is 5.92 Å². The first-order valence-electron chi connectivity index (χ1n) is 7.39. The average molecular weight is 290 g/mol. The topological polar surface area (TPSA) is 69.6 Å². The number of hydrogen-bond donors (Lipinski definition) is 2. The normalized spacial score (nSPS) is 22.9. The second-order valence-corrected chi connectivity index (χ2v) is 5.56. The Balaban J connectivity index is 2.08. The minimum atomic E-state index is -0.928. The molecule has 1 aliphatic heterocycles. The third kappa shape index (κ3) is 3.35. The summed E-state index contributed by atoms with van der Waals surface area (Å²) in [4.78, 5) is 25.2. The van der Waals surface area contributed by atoms with Crippen LogP contribution in [0.5, 0.6) is 0 Å². The molecule has 1 aliphatic rings. The molecule has 1 fully saturated rings. The zero-order valence-electron chi connectivity index (χ0n) is 12.5. The summed E-state index contributed by atoms with van der Waals surface area (Å²) in [5, 5.41) is 12.2. The quantitative estimate of drug-likeness (QED) is 0.895. The largest absolute Gasteiger partial charge is 0.480 e. The number of carboxylic acid groups (broad SMARTS) is 1. The monoisotopic (exact) mass is 290 g/mol. The molecule has 0 saturated carbocycles. The molecule has 21 heavy (non-hydrogen) atoms. The highest BCUT2D eigenvalue weighted by Crippen LogP contribution is 2.25. The van der Waals surface area contributed by atoms with Gasteiger partial charge in [0.25, 0.3) is 0 Å². The fraction of sp³-hybridized carbons (Fsp3) is 0.500. The summed E-state index contributed by atoms with van der Waals surface area (Å²) in [7, 11) is 0. The standard InChI is InChI=1S/C16H22N2O3/c1-3-13(12-7-5-4-6-8-12)17-16(21)18-10-9-11(2)14(18)15(19)20/h4-8,11,13-14H,3,9-10H2,1-2H3,(H,17,21)(H,19,20). The van der Waals surface area contributed by atoms with E-state index in [0.717, 1.165) is 18.4 Å². The summed E-state index contributed by atoms with van der Waals surface area (Å²) in [5.41, 5.74) is 1.03. The van der Waals surface area contributed by atoms with Crippen molar-refractivity contribution in [1.29, 1.82) is 0 Å². The molecule has 1 aromatic carbocycles. The van der Waals surface area contributed by atoms with Crippen LogP contribution in [0.2, 0.25) is 0 Å². The highest BCUT2D eigenvalue weighted by atomic mass is 16.4. The molecule has 0 aliphatic carbocycles. The maximum absolute atomic E-state index is 12.4. The molecule has 3 atom stereocenters. The SMILES string of the molecule is CCC(NC(=O)N1CCC(C)C1C(=O)O)c1ccccc1. The number of carbonyl (C=O) groups is 2. The average Bonchev–Trinajstić information content (AvgIpc) is 2.87. The number of nitrogens with one attached hydrogen (secondary N) is 1. The Kier molecular flexibility index (Phi) is 4.83. The van der Waals surface area contributed by atoms with Crippen LogP contribution in [0.3, 0.4) is 0 Å². The predicted molar refractivity (Wildman–Crippen MR) is 79.9 cm³/mol. The lowest BCUT2D eigenvalue weighted by molar-refractivity contribution is -0.142. The van der Waals surface area contributed by atoms with Gasteiger partial charge in [-0.1, -0.05) is 44.2 Å². The van der Waals surface area contributed by atoms with Gasteiger partial charge in [0.2, 0.25) is 0 Å². The van der Waals surface area contributed by atoms with Crippen molar-refractivity contribution < 1.29 is 14.7 Å². The van der Waals surface area contributed by atoms with Gasteiger partial charge in [0.1, 0.15) is 6.04 Å². The van der Waals surface area contributed by atoms with Gasteiger partial charge in [-0.15, -0.1) is 0 Å². The van der Waals surface area contributed by atoms with Gasteiger partial charge in [-0.2, -0.15) is 0 Å². The number of rotatable bonds is 4. The third-order valence-electron chi connectivity index (χ3n) is 4.12. The molecule has 1 saturated heterocycles. The number of carboxylic acids is 1. The van der Waals surface area contributed by atoms with Crippen LogP contribution >= 0.6 is 0 Å². The molecule has 0 spiro atoms. The predicted octanol–water partition coefficient (Wildman–Crippen LogP) is 2.64. The Morgan fingerprint density at radius 3 is 2.62 bits per heavy atom. The highest BCUT2D eigenvalue weighted by molar-refractivity contribution is 5.83. The minimum Gasteiger partial charge on any atom is -0.480 e. The van der Waals surface area contributed by atoms with Crippen LogP contribution in [-0.4, -0.2) is 34.6 Å². The highest BCUT2D eigenvalue weighted by Gasteiger charge is 2.39. The van der Waals surface area contributed by atoms with Crippen molar-refractivity contribution in [3.8, 4) is 0 Å². The van der Waals surface area contributed by atoms with Gasteiger partial charge in [0.05, 0.1) is 6.04 Å². The van der Waals surface area contributed by atoms with E-state index in [4.69, 9.17) is 0 Å². The number of likely N-dealkylation sites (tertiary alicyclic amines) is 1. The van der Waals surface area contributed by atoms with E-state index in [-0.39, 0.29) is 18.0 Å². The summed E-state index contributed by atoms with van der Waals surface area (Å²) in [6.45, 7) is 4.37. The Bertz CT molecular complexity index is 504. The first kappa shape index (κ1) is 15.4. The molecule has 0 bridgehead atoms. The van der Waals surface area contributed by atoms with E-state index in [1.165, 1.54) is 4.90 Å². The van der Waals surface area contributed by atoms with E-state index in [2.05, 4.69) is 5.32 Å². The molecule has 2 amide bonds. The number of carbonyl (C=O) groups excluding carboxylic acids is 1. The molecule has 5 heteroatoms. The summed E-state index contributed by atoms with van der Waals surface area (Å²) in [6.07, 6.45) is 1.49. The molecule has 2 rings (SSSR count). The van der Waals surface area contributed by atoms with Gasteiger partial charge in [-0.3, -0.25) is 0 Å². The number of nitrogens with zero attached hydrogens (tertiary/aromatic N) is 1. The van der Waals surface area contributed by atoms with Crippen LogP contribution in [0.25, 0.3) is 0 Å². The molecule has 2 N–H and O–H groups in total. The summed E-state index contributed by atoms with van der Waals surface area (Å²) < 4.78 is 0. The zero-order chi connectivity index (χ0) is 15.4. The Hall–Kier alpha value is -2.04. The van der Waals surface area contributed by atoms with Crippen molar-refractivity contribution >= 4 is 12.0 Å². The summed E-state index contributed by atoms with van der Waals surface area (Å²) >= 11 is 0. The fourth-order valence-electron chi connectivity index (χ4n) is 2.89. The smallest absolute Gasteiger partial charge is 0.326 e. The molecule has 0 aromatic heterocycles. The van der Waals surface area contributed by atoms with Gasteiger partial charge in [-0.25, -0.2) is 9.59 Å². The van der Waals surface area contributed by atoms with Gasteiger partial charge in [-0.05, 0) is 24.3 Å². The van der Waals surface area contributed by atoms with Crippen molar-refractivity contribution in [3.05, 3.63) is 35.9 Å². The summed E-state index contributed by atoms with van der Waals surface area (Å²) in [5.74, 6) is -0.937. The first-order valence-corrected chi connectivity index (χ1v) is 7.39. The maximum atomic E-state index is 12.4. The van der Waals surface area contributed by atoms with E-state index in [1.54, 1.807) is 0 Å². The second kappa shape index (κ2) is 6.61. The van der Waals surface area contributed by atoms with Crippen LogP contribution in [0, 0.1) is 5.92 Å². The third-order valence-corrected chi connectivity index (χ3v) is 4.12. The lowest BCUT2D eigenvalue weighted by Gasteiger charge is -2.26. The van der Waals surface area contributed by atoms with Crippen LogP contribution in [0.4, 0.5) is 4.79 Å². The number of aliphatic carboxylic acids is 1. The molecular formula is C16H22N2O3. The lowest BCUT2D eigenvalue weighted by atomic mass is 10.0. The van der Waals surface area contributed by atoms with E-state index in [0.29, 0.717) is 6.54 Å². The van der Waals surface area contributed by atoms with Gasteiger partial charge in [0, 0.05) is 6.54 Å². The zero-order valence-corrected chi connectivity index (χ0v) is 12.5. The molecular weight excluding hydrogens is 268 g/mol. The Morgan fingerprint density at radius 2 is 2.05 bits per heavy atom. The van der Waals surface area contributed by atoms with Crippen molar-refractivity contribution in [2.45, 2.75) is 38.8 Å². The van der Waals surface area contributed by atoms with E-state index in [9.17, 15) is 14.7 Å². The summed E-state index contributed by atoms with van der Waals surface area (Å²) in [6, 6.07) is 8.63. The van der Waals surface area contributed by atoms with E-state index < -0.39 is 12.0 Å². The molecule has 0 radical (unpaired) electrons. The minimum absolute atomic E-state index is 0.00921. The van der Waals surface area contributed by atoms with E-state index in [1.807, 2.05) is 44.2 Å². The van der Waals surface area contributed by atoms with Gasteiger partial charge >= 0.3 is 12.0 Å². The Morgan fingerprint density at radius 1 is 1.38 bits per heavy atom. The first-order chi connectivity index (χ1) is 10.0. The Labute approximate surface area is 125 Å². The second-order valence-electron chi connectivity index (χ2n) is 5.56. The lowest BCUT2D eigenvalue weighted by Crippen LogP contribution is -2.48. The molecule has 3 unspecified atom stereocenters. The molecule has 5 nitrogen and oxygen atoms in total. The van der Waals surface area contributed by atoms with Crippen LogP contribution in [0.15, 0.2) is 30.3 Å². The number of urea groups is 1. The number of hydrogen-bond acceptors (Lipinski definition) is 2. The van der Waals surface area contributed by atoms with Gasteiger partial charge in [0.15, 0.2) is 0 Å². The molecule has 1 heterocycles. The van der Waals surface area contributed by atoms with Gasteiger partial charge < -0.3 is 15.3 Å². The fourth-order valence-corrected chi connectivity index (χ4v) is 2.89. The maximum Gasteiger partial charge on any atom is 0.326 e. The van der Waals surface area contributed by atoms with Crippen LogP contribution in [0.1, 0.15) is 38.3 Å². The van der Waals surface area contributed by atoms with Crippen molar-refractivity contribution in [3.63, 3.8) is 0 Å². The van der Waals surface area contributed by atoms with E-state index >= 15 is 0 Å². The number of amides is 2. The van der Waals surface area contributed by atoms with Crippen LogP contribution in [-0.2, 0) is 4.79 Å². The number of benzene rings is 1. The molecule has 1 aromatic rings.